The first kappa shape index (κ1) is 13.9. The Morgan fingerprint density at radius 1 is 1.35 bits per heavy atom. The maximum atomic E-state index is 13.5. The summed E-state index contributed by atoms with van der Waals surface area (Å²) in [4.78, 5) is 0. The topological polar surface area (TPSA) is 41.5 Å². The molecule has 0 aromatic heterocycles. The van der Waals surface area contributed by atoms with E-state index in [1.165, 1.54) is 6.07 Å². The summed E-state index contributed by atoms with van der Waals surface area (Å²) in [7, 11) is 0. The summed E-state index contributed by atoms with van der Waals surface area (Å²) in [6.45, 7) is 3.98. The number of aliphatic hydroxyl groups is 1. The third kappa shape index (κ3) is 5.15. The van der Waals surface area contributed by atoms with E-state index >= 15 is 0 Å². The van der Waals surface area contributed by atoms with Gasteiger partial charge in [0, 0.05) is 13.2 Å². The lowest BCUT2D eigenvalue weighted by Gasteiger charge is -2.07. The van der Waals surface area contributed by atoms with Crippen LogP contribution in [0.1, 0.15) is 25.3 Å². The summed E-state index contributed by atoms with van der Waals surface area (Å²) in [6.07, 6.45) is 1.72. The maximum absolute atomic E-state index is 13.5. The molecule has 0 unspecified atom stereocenters. The minimum absolute atomic E-state index is 0.222. The largest absolute Gasteiger partial charge is 0.491 e. The van der Waals surface area contributed by atoms with Crippen molar-refractivity contribution >= 4 is 0 Å². The van der Waals surface area contributed by atoms with Crippen molar-refractivity contribution < 1.29 is 14.2 Å². The summed E-state index contributed by atoms with van der Waals surface area (Å²) >= 11 is 0. The lowest BCUT2D eigenvalue weighted by Crippen LogP contribution is -2.15. The van der Waals surface area contributed by atoms with E-state index in [2.05, 4.69) is 5.32 Å². The number of ether oxygens (including phenoxy) is 1. The first-order valence-electron chi connectivity index (χ1n) is 6.00. The Balaban J connectivity index is 2.36. The minimum Gasteiger partial charge on any atom is -0.491 e. The molecule has 0 heterocycles. The van der Waals surface area contributed by atoms with E-state index in [1.807, 2.05) is 13.0 Å². The number of nitrogens with one attached hydrogen (secondary N) is 1. The first-order valence-corrected chi connectivity index (χ1v) is 6.00. The molecule has 0 amide bonds. The lowest BCUT2D eigenvalue weighted by atomic mass is 10.2. The maximum Gasteiger partial charge on any atom is 0.165 e. The number of hydrogen-bond acceptors (Lipinski definition) is 3. The fraction of sp³-hybridized carbons (Fsp3) is 0.538. The van der Waals surface area contributed by atoms with Gasteiger partial charge in [0.1, 0.15) is 0 Å². The van der Waals surface area contributed by atoms with Crippen molar-refractivity contribution in [3.8, 4) is 5.75 Å². The first-order chi connectivity index (χ1) is 8.27. The Bertz CT molecular complexity index is 331. The molecule has 0 saturated carbocycles. The van der Waals surface area contributed by atoms with Crippen molar-refractivity contribution in [1.82, 2.24) is 5.32 Å². The third-order valence-electron chi connectivity index (χ3n) is 2.39. The van der Waals surface area contributed by atoms with Gasteiger partial charge in [0.2, 0.25) is 0 Å². The molecular formula is C13H20FNO2. The molecule has 1 aromatic rings. The van der Waals surface area contributed by atoms with Gasteiger partial charge in [0.15, 0.2) is 11.6 Å². The molecule has 0 radical (unpaired) electrons. The van der Waals surface area contributed by atoms with Crippen LogP contribution in [0.15, 0.2) is 18.2 Å². The van der Waals surface area contributed by atoms with Gasteiger partial charge in [-0.2, -0.15) is 0 Å². The van der Waals surface area contributed by atoms with Gasteiger partial charge in [0.25, 0.3) is 0 Å². The van der Waals surface area contributed by atoms with Crippen LogP contribution >= 0.6 is 0 Å². The number of halogens is 1. The van der Waals surface area contributed by atoms with Crippen molar-refractivity contribution in [2.45, 2.75) is 26.3 Å². The quantitative estimate of drug-likeness (QED) is 0.685. The summed E-state index contributed by atoms with van der Waals surface area (Å²) in [5.74, 6) is -0.0157. The number of unbranched alkanes of at least 4 members (excludes halogenated alkanes) is 1. The standard InChI is InChI=1S/C13H20FNO2/c1-2-17-13-6-5-11(9-12(13)14)10-15-7-3-4-8-16/h5-6,9,15-16H,2-4,7-8,10H2,1H3. The van der Waals surface area contributed by atoms with E-state index in [1.54, 1.807) is 6.07 Å². The molecule has 0 atom stereocenters. The molecule has 2 N–H and O–H groups in total. The average molecular weight is 241 g/mol. The number of benzene rings is 1. The van der Waals surface area contributed by atoms with Crippen LogP contribution in [0, 0.1) is 5.82 Å². The molecule has 0 bridgehead atoms. The van der Waals surface area contributed by atoms with Crippen LogP contribution < -0.4 is 10.1 Å². The van der Waals surface area contributed by atoms with Gasteiger partial charge in [-0.25, -0.2) is 4.39 Å². The van der Waals surface area contributed by atoms with Crippen molar-refractivity contribution in [2.75, 3.05) is 19.8 Å². The van der Waals surface area contributed by atoms with Crippen molar-refractivity contribution in [2.24, 2.45) is 0 Å². The fourth-order valence-corrected chi connectivity index (χ4v) is 1.52. The fourth-order valence-electron chi connectivity index (χ4n) is 1.52. The van der Waals surface area contributed by atoms with Crippen molar-refractivity contribution in [3.05, 3.63) is 29.6 Å². The summed E-state index contributed by atoms with van der Waals surface area (Å²) in [6, 6.07) is 5.00. The second-order valence-corrected chi connectivity index (χ2v) is 3.81. The average Bonchev–Trinajstić information content (AvgIpc) is 2.32. The van der Waals surface area contributed by atoms with E-state index in [0.29, 0.717) is 18.9 Å². The molecule has 0 aliphatic heterocycles. The van der Waals surface area contributed by atoms with Gasteiger partial charge in [-0.05, 0) is 44.0 Å². The molecule has 0 aliphatic carbocycles. The van der Waals surface area contributed by atoms with Crippen molar-refractivity contribution in [1.29, 1.82) is 0 Å². The molecule has 96 valence electrons. The van der Waals surface area contributed by atoms with E-state index < -0.39 is 0 Å². The van der Waals surface area contributed by atoms with Crippen LogP contribution in [0.3, 0.4) is 0 Å². The predicted molar refractivity (Wildman–Crippen MR) is 65.6 cm³/mol. The molecule has 1 aromatic carbocycles. The lowest BCUT2D eigenvalue weighted by molar-refractivity contribution is 0.283. The van der Waals surface area contributed by atoms with Crippen LogP contribution in [-0.4, -0.2) is 24.9 Å². The third-order valence-corrected chi connectivity index (χ3v) is 2.39. The van der Waals surface area contributed by atoms with Crippen molar-refractivity contribution in [3.63, 3.8) is 0 Å². The van der Waals surface area contributed by atoms with Gasteiger partial charge in [-0.3, -0.25) is 0 Å². The zero-order chi connectivity index (χ0) is 12.5. The molecule has 0 spiro atoms. The van der Waals surface area contributed by atoms with Gasteiger partial charge in [-0.15, -0.1) is 0 Å². The van der Waals surface area contributed by atoms with E-state index in [0.717, 1.165) is 24.9 Å². The molecule has 17 heavy (non-hydrogen) atoms. The molecular weight excluding hydrogens is 221 g/mol. The van der Waals surface area contributed by atoms with Gasteiger partial charge in [-0.1, -0.05) is 6.07 Å². The molecule has 1 rings (SSSR count). The smallest absolute Gasteiger partial charge is 0.165 e. The molecule has 0 fully saturated rings. The Morgan fingerprint density at radius 2 is 2.18 bits per heavy atom. The van der Waals surface area contributed by atoms with E-state index in [-0.39, 0.29) is 12.4 Å². The second kappa shape index (κ2) is 8.03. The Kier molecular flexibility index (Phi) is 6.58. The molecule has 0 aliphatic rings. The van der Waals surface area contributed by atoms with Gasteiger partial charge < -0.3 is 15.2 Å². The minimum atomic E-state index is -0.318. The summed E-state index contributed by atoms with van der Waals surface area (Å²) < 4.78 is 18.6. The highest BCUT2D eigenvalue weighted by atomic mass is 19.1. The van der Waals surface area contributed by atoms with E-state index in [9.17, 15) is 4.39 Å². The highest BCUT2D eigenvalue weighted by molar-refractivity contribution is 5.29. The van der Waals surface area contributed by atoms with Crippen LogP contribution in [0.25, 0.3) is 0 Å². The number of rotatable bonds is 8. The van der Waals surface area contributed by atoms with Crippen LogP contribution in [0.2, 0.25) is 0 Å². The SMILES string of the molecule is CCOc1ccc(CNCCCCO)cc1F. The molecule has 4 heteroatoms. The Labute approximate surface area is 102 Å². The zero-order valence-electron chi connectivity index (χ0n) is 10.2. The van der Waals surface area contributed by atoms with Crippen LogP contribution in [0.4, 0.5) is 4.39 Å². The monoisotopic (exact) mass is 241 g/mol. The van der Waals surface area contributed by atoms with Crippen LogP contribution in [-0.2, 0) is 6.54 Å². The normalized spacial score (nSPS) is 10.5. The highest BCUT2D eigenvalue weighted by Crippen LogP contribution is 2.18. The summed E-state index contributed by atoms with van der Waals surface area (Å²) in [5, 5.41) is 11.8. The Hall–Kier alpha value is -1.13. The number of aliphatic hydroxyl groups excluding tert-OH is 1. The highest BCUT2D eigenvalue weighted by Gasteiger charge is 2.03. The molecule has 3 nitrogen and oxygen atoms in total. The van der Waals surface area contributed by atoms with Crippen LogP contribution in [0.5, 0.6) is 5.75 Å². The second-order valence-electron chi connectivity index (χ2n) is 3.81. The predicted octanol–water partition coefficient (Wildman–Crippen LogP) is 2.09. The van der Waals surface area contributed by atoms with Gasteiger partial charge >= 0.3 is 0 Å². The molecule has 0 saturated heterocycles. The van der Waals surface area contributed by atoms with Gasteiger partial charge in [0.05, 0.1) is 6.61 Å². The van der Waals surface area contributed by atoms with E-state index in [4.69, 9.17) is 9.84 Å². The number of hydrogen-bond donors (Lipinski definition) is 2. The summed E-state index contributed by atoms with van der Waals surface area (Å²) in [5.41, 5.74) is 0.898. The Morgan fingerprint density at radius 3 is 2.82 bits per heavy atom. The zero-order valence-corrected chi connectivity index (χ0v) is 10.2.